The molecule has 3 heterocycles. The van der Waals surface area contributed by atoms with Gasteiger partial charge in [0.05, 0.1) is 36.3 Å². The molecule has 2 aliphatic rings. The van der Waals surface area contributed by atoms with Crippen LogP contribution in [0.3, 0.4) is 0 Å². The zero-order chi connectivity index (χ0) is 22.7. The van der Waals surface area contributed by atoms with Gasteiger partial charge in [-0.15, -0.1) is 11.3 Å². The molecule has 6 nitrogen and oxygen atoms in total. The van der Waals surface area contributed by atoms with Gasteiger partial charge in [-0.3, -0.25) is 9.59 Å². The molecular weight excluding hydrogens is 424 g/mol. The van der Waals surface area contributed by atoms with Crippen LogP contribution in [0.1, 0.15) is 53.0 Å². The second-order valence-electron chi connectivity index (χ2n) is 8.76. The third-order valence-electron chi connectivity index (χ3n) is 6.34. The smallest absolute Gasteiger partial charge is 0.290 e. The van der Waals surface area contributed by atoms with E-state index in [0.29, 0.717) is 17.3 Å². The number of quaternary nitrogens is 1. The third kappa shape index (κ3) is 4.65. The maximum Gasteiger partial charge on any atom is 0.290 e. The van der Waals surface area contributed by atoms with E-state index in [1.165, 1.54) is 21.8 Å². The quantitative estimate of drug-likeness (QED) is 0.601. The van der Waals surface area contributed by atoms with Crippen molar-refractivity contribution in [1.82, 2.24) is 4.90 Å². The number of nitrogens with zero attached hydrogens (tertiary/aromatic N) is 1. The maximum atomic E-state index is 13.3. The molecule has 0 unspecified atom stereocenters. The van der Waals surface area contributed by atoms with E-state index in [1.807, 2.05) is 35.7 Å². The Balaban J connectivity index is 1.60. The standard InChI is InChI=1S/C25H30N2O4S/c1-17(2)18-6-8-19(9-7-18)22-21(23(28)20-5-3-16-32-20)24(29)25(30)27(22)11-4-10-26-12-14-31-15-13-26/h3,5-9,16-17,22,29H,4,10-15H2,1-2H3/p+1/t22-/m1/s1. The number of Topliss-reactive ketones (excluding diaryl/α,β-unsaturated/α-hetero) is 1. The molecule has 0 radical (unpaired) electrons. The van der Waals surface area contributed by atoms with Crippen molar-refractivity contribution in [2.45, 2.75) is 32.2 Å². The summed E-state index contributed by atoms with van der Waals surface area (Å²) in [6, 6.07) is 11.0. The van der Waals surface area contributed by atoms with Crippen LogP contribution in [0.15, 0.2) is 53.1 Å². The Hall–Kier alpha value is -2.48. The van der Waals surface area contributed by atoms with Crippen LogP contribution in [0.4, 0.5) is 0 Å². The van der Waals surface area contributed by atoms with Crippen molar-refractivity contribution in [3.63, 3.8) is 0 Å². The normalized spacial score (nSPS) is 19.9. The molecule has 1 saturated heterocycles. The average Bonchev–Trinajstić information content (AvgIpc) is 3.43. The SMILES string of the molecule is CC(C)c1ccc([C@@H]2C(C(=O)c3cccs3)=C(O)C(=O)N2CCC[NH+]2CCOCC2)cc1. The lowest BCUT2D eigenvalue weighted by Crippen LogP contribution is -3.14. The number of nitrogens with one attached hydrogen (secondary N) is 1. The Morgan fingerprint density at radius 2 is 1.94 bits per heavy atom. The lowest BCUT2D eigenvalue weighted by molar-refractivity contribution is -0.908. The number of amides is 1. The Labute approximate surface area is 193 Å². The number of aliphatic hydroxyl groups is 1. The van der Waals surface area contributed by atoms with Gasteiger partial charge >= 0.3 is 0 Å². The van der Waals surface area contributed by atoms with Crippen molar-refractivity contribution < 1.29 is 24.3 Å². The van der Waals surface area contributed by atoms with Gasteiger partial charge < -0.3 is 19.6 Å². The van der Waals surface area contributed by atoms with Gasteiger partial charge in [0.15, 0.2) is 5.76 Å². The number of hydrogen-bond acceptors (Lipinski definition) is 5. The van der Waals surface area contributed by atoms with E-state index in [1.54, 1.807) is 11.0 Å². The van der Waals surface area contributed by atoms with Gasteiger partial charge in [-0.05, 0) is 28.5 Å². The topological polar surface area (TPSA) is 71.3 Å². The zero-order valence-corrected chi connectivity index (χ0v) is 19.5. The molecule has 32 heavy (non-hydrogen) atoms. The van der Waals surface area contributed by atoms with E-state index in [4.69, 9.17) is 4.74 Å². The molecule has 1 fully saturated rings. The number of carbonyl (C=O) groups excluding carboxylic acids is 2. The highest BCUT2D eigenvalue weighted by molar-refractivity contribution is 7.12. The first-order valence-corrected chi connectivity index (χ1v) is 12.2. The van der Waals surface area contributed by atoms with Crippen LogP contribution in [0.2, 0.25) is 0 Å². The molecule has 0 spiro atoms. The van der Waals surface area contributed by atoms with Crippen LogP contribution < -0.4 is 4.90 Å². The predicted octanol–water partition coefficient (Wildman–Crippen LogP) is 2.76. The van der Waals surface area contributed by atoms with Gasteiger partial charge in [0, 0.05) is 13.0 Å². The molecule has 1 amide bonds. The summed E-state index contributed by atoms with van der Waals surface area (Å²) in [5.41, 5.74) is 2.23. The zero-order valence-electron chi connectivity index (χ0n) is 18.7. The first kappa shape index (κ1) is 22.7. The van der Waals surface area contributed by atoms with Crippen LogP contribution in [-0.4, -0.2) is 61.1 Å². The molecule has 1 atom stereocenters. The van der Waals surface area contributed by atoms with Crippen molar-refractivity contribution in [3.8, 4) is 0 Å². The fourth-order valence-electron chi connectivity index (χ4n) is 4.48. The summed E-state index contributed by atoms with van der Waals surface area (Å²) in [6.07, 6.45) is 0.801. The van der Waals surface area contributed by atoms with Gasteiger partial charge in [-0.25, -0.2) is 0 Å². The largest absolute Gasteiger partial charge is 0.503 e. The molecule has 0 aliphatic carbocycles. The number of ether oxygens (including phenoxy) is 1. The Morgan fingerprint density at radius 1 is 1.22 bits per heavy atom. The Bertz CT molecular complexity index is 976. The van der Waals surface area contributed by atoms with Gasteiger partial charge in [0.1, 0.15) is 13.1 Å². The Kier molecular flexibility index (Phi) is 7.08. The molecule has 1 aromatic heterocycles. The average molecular weight is 456 g/mol. The second-order valence-corrected chi connectivity index (χ2v) is 9.70. The highest BCUT2D eigenvalue weighted by Gasteiger charge is 2.43. The minimum atomic E-state index is -0.571. The van der Waals surface area contributed by atoms with Crippen LogP contribution in [0.5, 0.6) is 0 Å². The van der Waals surface area contributed by atoms with Crippen LogP contribution in [0, 0.1) is 0 Å². The number of morpholine rings is 1. The summed E-state index contributed by atoms with van der Waals surface area (Å²) in [4.78, 5) is 30.0. The Morgan fingerprint density at radius 3 is 2.56 bits per heavy atom. The molecule has 0 bridgehead atoms. The van der Waals surface area contributed by atoms with Crippen molar-refractivity contribution in [2.24, 2.45) is 0 Å². The molecule has 170 valence electrons. The van der Waals surface area contributed by atoms with E-state index in [-0.39, 0.29) is 11.4 Å². The number of carbonyl (C=O) groups is 2. The van der Waals surface area contributed by atoms with Crippen molar-refractivity contribution in [3.05, 3.63) is 69.1 Å². The predicted molar refractivity (Wildman–Crippen MR) is 124 cm³/mol. The lowest BCUT2D eigenvalue weighted by Gasteiger charge is -2.28. The minimum absolute atomic E-state index is 0.188. The summed E-state index contributed by atoms with van der Waals surface area (Å²) in [5, 5.41) is 12.6. The molecule has 2 aromatic rings. The maximum absolute atomic E-state index is 13.3. The van der Waals surface area contributed by atoms with Crippen LogP contribution in [0.25, 0.3) is 0 Å². The third-order valence-corrected chi connectivity index (χ3v) is 7.21. The van der Waals surface area contributed by atoms with Crippen molar-refractivity contribution in [2.75, 3.05) is 39.4 Å². The first-order chi connectivity index (χ1) is 15.5. The van der Waals surface area contributed by atoms with Gasteiger partial charge in [-0.1, -0.05) is 44.2 Å². The minimum Gasteiger partial charge on any atom is -0.503 e. The lowest BCUT2D eigenvalue weighted by atomic mass is 9.93. The van der Waals surface area contributed by atoms with E-state index in [2.05, 4.69) is 13.8 Å². The molecular formula is C25H31N2O4S+. The summed E-state index contributed by atoms with van der Waals surface area (Å²) in [5.74, 6) is -0.761. The number of ketones is 1. The molecule has 7 heteroatoms. The summed E-state index contributed by atoms with van der Waals surface area (Å²) in [7, 11) is 0. The highest BCUT2D eigenvalue weighted by Crippen LogP contribution is 2.39. The number of aliphatic hydroxyl groups excluding tert-OH is 1. The fourth-order valence-corrected chi connectivity index (χ4v) is 5.15. The second kappa shape index (κ2) is 9.98. The summed E-state index contributed by atoms with van der Waals surface area (Å²) >= 11 is 1.32. The first-order valence-electron chi connectivity index (χ1n) is 11.3. The van der Waals surface area contributed by atoms with Gasteiger partial charge in [0.25, 0.3) is 5.91 Å². The molecule has 2 aliphatic heterocycles. The van der Waals surface area contributed by atoms with E-state index in [0.717, 1.165) is 44.8 Å². The molecule has 0 saturated carbocycles. The van der Waals surface area contributed by atoms with Crippen molar-refractivity contribution >= 4 is 23.0 Å². The number of rotatable bonds is 8. The molecule has 2 N–H and O–H groups in total. The van der Waals surface area contributed by atoms with Gasteiger partial charge in [-0.2, -0.15) is 0 Å². The fraction of sp³-hybridized carbons (Fsp3) is 0.440. The van der Waals surface area contributed by atoms with Gasteiger partial charge in [0.2, 0.25) is 5.78 Å². The van der Waals surface area contributed by atoms with Crippen LogP contribution in [-0.2, 0) is 9.53 Å². The van der Waals surface area contributed by atoms with Crippen LogP contribution >= 0.6 is 11.3 Å². The molecule has 4 rings (SSSR count). The number of hydrogen-bond donors (Lipinski definition) is 2. The van der Waals surface area contributed by atoms with E-state index >= 15 is 0 Å². The van der Waals surface area contributed by atoms with E-state index in [9.17, 15) is 14.7 Å². The van der Waals surface area contributed by atoms with Crippen molar-refractivity contribution in [1.29, 1.82) is 0 Å². The molecule has 1 aromatic carbocycles. The highest BCUT2D eigenvalue weighted by atomic mass is 32.1. The monoisotopic (exact) mass is 455 g/mol. The summed E-state index contributed by atoms with van der Waals surface area (Å²) < 4.78 is 5.43. The summed E-state index contributed by atoms with van der Waals surface area (Å²) in [6.45, 7) is 9.17. The van der Waals surface area contributed by atoms with E-state index < -0.39 is 17.7 Å². The number of benzene rings is 1. The number of thiophene rings is 1.